The smallest absolute Gasteiger partial charge is 0.250 e. The van der Waals surface area contributed by atoms with Gasteiger partial charge in [0.05, 0.1) is 0 Å². The average molecular weight is 285 g/mol. The van der Waals surface area contributed by atoms with Crippen molar-refractivity contribution in [2.45, 2.75) is 19.9 Å². The fraction of sp³-hybridized carbons (Fsp3) is 0.353. The van der Waals surface area contributed by atoms with E-state index in [1.807, 2.05) is 24.4 Å². The third-order valence-corrected chi connectivity index (χ3v) is 3.60. The number of rotatable bonds is 7. The predicted octanol–water partition coefficient (Wildman–Crippen LogP) is 2.01. The van der Waals surface area contributed by atoms with Crippen LogP contribution in [0.4, 0.5) is 5.69 Å². The average Bonchev–Trinajstić information content (AvgIpc) is 2.50. The Morgan fingerprint density at radius 1 is 1.10 bits per heavy atom. The van der Waals surface area contributed by atoms with Gasteiger partial charge in [0, 0.05) is 37.6 Å². The van der Waals surface area contributed by atoms with E-state index in [0.29, 0.717) is 13.1 Å². The molecule has 1 heterocycles. The maximum atomic E-state index is 11.8. The van der Waals surface area contributed by atoms with Crippen molar-refractivity contribution < 1.29 is 0 Å². The molecule has 2 rings (SSSR count). The second-order valence-electron chi connectivity index (χ2n) is 5.15. The van der Waals surface area contributed by atoms with E-state index >= 15 is 0 Å². The highest BCUT2D eigenvalue weighted by molar-refractivity contribution is 5.52. The molecule has 2 aromatic rings. The predicted molar refractivity (Wildman–Crippen MR) is 87.8 cm³/mol. The standard InChI is InChI=1S/C17H23N3O/c1-15-7-2-3-8-16(15)19(12-6-10-18)13-14-20-11-5-4-9-17(20)21/h2-5,7-9,11H,6,10,12-14,18H2,1H3. The number of aromatic nitrogens is 1. The van der Waals surface area contributed by atoms with Gasteiger partial charge in [-0.25, -0.2) is 0 Å². The van der Waals surface area contributed by atoms with E-state index in [-0.39, 0.29) is 5.56 Å². The Labute approximate surface area is 125 Å². The molecule has 0 atom stereocenters. The third kappa shape index (κ3) is 4.20. The van der Waals surface area contributed by atoms with Gasteiger partial charge >= 0.3 is 0 Å². The highest BCUT2D eigenvalue weighted by Crippen LogP contribution is 2.19. The summed E-state index contributed by atoms with van der Waals surface area (Å²) in [4.78, 5) is 14.1. The summed E-state index contributed by atoms with van der Waals surface area (Å²) in [5.74, 6) is 0. The van der Waals surface area contributed by atoms with Crippen molar-refractivity contribution in [3.8, 4) is 0 Å². The molecule has 112 valence electrons. The molecule has 0 unspecified atom stereocenters. The Bertz CT molecular complexity index is 621. The normalized spacial score (nSPS) is 10.6. The lowest BCUT2D eigenvalue weighted by Crippen LogP contribution is -2.32. The molecule has 21 heavy (non-hydrogen) atoms. The van der Waals surface area contributed by atoms with Crippen molar-refractivity contribution in [1.82, 2.24) is 4.57 Å². The minimum absolute atomic E-state index is 0.0426. The number of nitrogens with two attached hydrogens (primary N) is 1. The van der Waals surface area contributed by atoms with Gasteiger partial charge < -0.3 is 15.2 Å². The van der Waals surface area contributed by atoms with Crippen LogP contribution in [0.25, 0.3) is 0 Å². The van der Waals surface area contributed by atoms with Crippen molar-refractivity contribution in [3.05, 3.63) is 64.6 Å². The molecule has 0 radical (unpaired) electrons. The van der Waals surface area contributed by atoms with E-state index in [2.05, 4.69) is 24.0 Å². The van der Waals surface area contributed by atoms with Crippen molar-refractivity contribution >= 4 is 5.69 Å². The minimum atomic E-state index is 0.0426. The highest BCUT2D eigenvalue weighted by atomic mass is 16.1. The number of para-hydroxylation sites is 1. The number of pyridine rings is 1. The maximum absolute atomic E-state index is 11.8. The van der Waals surface area contributed by atoms with Crippen molar-refractivity contribution in [2.75, 3.05) is 24.5 Å². The second kappa shape index (κ2) is 7.64. The summed E-state index contributed by atoms with van der Waals surface area (Å²) < 4.78 is 1.74. The van der Waals surface area contributed by atoms with Gasteiger partial charge in [0.25, 0.3) is 5.56 Å². The van der Waals surface area contributed by atoms with Crippen LogP contribution in [0.2, 0.25) is 0 Å². The molecule has 2 N–H and O–H groups in total. The molecule has 0 aliphatic heterocycles. The lowest BCUT2D eigenvalue weighted by Gasteiger charge is -2.26. The van der Waals surface area contributed by atoms with Crippen LogP contribution in [0.3, 0.4) is 0 Å². The summed E-state index contributed by atoms with van der Waals surface area (Å²) in [5.41, 5.74) is 8.15. The van der Waals surface area contributed by atoms with E-state index < -0.39 is 0 Å². The zero-order valence-corrected chi connectivity index (χ0v) is 12.5. The summed E-state index contributed by atoms with van der Waals surface area (Å²) in [6.45, 7) is 5.17. The van der Waals surface area contributed by atoms with Crippen LogP contribution < -0.4 is 16.2 Å². The zero-order chi connectivity index (χ0) is 15.1. The van der Waals surface area contributed by atoms with Crippen molar-refractivity contribution in [1.29, 1.82) is 0 Å². The van der Waals surface area contributed by atoms with Gasteiger partial charge in [0.2, 0.25) is 0 Å². The molecule has 0 saturated carbocycles. The molecule has 0 amide bonds. The molecule has 0 aliphatic rings. The topological polar surface area (TPSA) is 51.3 Å². The SMILES string of the molecule is Cc1ccccc1N(CCCN)CCn1ccccc1=O. The number of nitrogens with zero attached hydrogens (tertiary/aromatic N) is 2. The first-order chi connectivity index (χ1) is 10.2. The molecule has 0 aliphatic carbocycles. The van der Waals surface area contributed by atoms with Crippen LogP contribution in [-0.2, 0) is 6.54 Å². The minimum Gasteiger partial charge on any atom is -0.369 e. The fourth-order valence-electron chi connectivity index (χ4n) is 2.43. The van der Waals surface area contributed by atoms with Crippen LogP contribution in [0.15, 0.2) is 53.5 Å². The van der Waals surface area contributed by atoms with Gasteiger partial charge in [-0.2, -0.15) is 0 Å². The zero-order valence-electron chi connectivity index (χ0n) is 12.5. The Balaban J connectivity index is 2.12. The Kier molecular flexibility index (Phi) is 5.58. The highest BCUT2D eigenvalue weighted by Gasteiger charge is 2.08. The van der Waals surface area contributed by atoms with Crippen LogP contribution in [0.1, 0.15) is 12.0 Å². The Morgan fingerprint density at radius 2 is 1.86 bits per heavy atom. The molecule has 4 nitrogen and oxygen atoms in total. The van der Waals surface area contributed by atoms with E-state index in [9.17, 15) is 4.79 Å². The van der Waals surface area contributed by atoms with E-state index in [1.165, 1.54) is 11.3 Å². The molecule has 4 heteroatoms. The quantitative estimate of drug-likeness (QED) is 0.846. The van der Waals surface area contributed by atoms with E-state index in [0.717, 1.165) is 19.5 Å². The molecule has 1 aromatic heterocycles. The molecule has 0 saturated heterocycles. The first-order valence-electron chi connectivity index (χ1n) is 7.38. The summed E-state index contributed by atoms with van der Waals surface area (Å²) in [7, 11) is 0. The summed E-state index contributed by atoms with van der Waals surface area (Å²) >= 11 is 0. The molecule has 1 aromatic carbocycles. The Hall–Kier alpha value is -2.07. The van der Waals surface area contributed by atoms with Gasteiger partial charge in [-0.15, -0.1) is 0 Å². The van der Waals surface area contributed by atoms with Crippen molar-refractivity contribution in [2.24, 2.45) is 5.73 Å². The van der Waals surface area contributed by atoms with Gasteiger partial charge in [0.1, 0.15) is 0 Å². The molecule has 0 fully saturated rings. The number of benzene rings is 1. The summed E-state index contributed by atoms with van der Waals surface area (Å²) in [6, 6.07) is 13.6. The van der Waals surface area contributed by atoms with Gasteiger partial charge in [0.15, 0.2) is 0 Å². The number of hydrogen-bond donors (Lipinski definition) is 1. The second-order valence-corrected chi connectivity index (χ2v) is 5.15. The van der Waals surface area contributed by atoms with E-state index in [1.54, 1.807) is 16.7 Å². The monoisotopic (exact) mass is 285 g/mol. The third-order valence-electron chi connectivity index (χ3n) is 3.60. The van der Waals surface area contributed by atoms with Gasteiger partial charge in [-0.1, -0.05) is 24.3 Å². The van der Waals surface area contributed by atoms with Crippen LogP contribution in [0, 0.1) is 6.92 Å². The molecular weight excluding hydrogens is 262 g/mol. The van der Waals surface area contributed by atoms with Crippen LogP contribution >= 0.6 is 0 Å². The first-order valence-corrected chi connectivity index (χ1v) is 7.38. The fourth-order valence-corrected chi connectivity index (χ4v) is 2.43. The number of hydrogen-bond acceptors (Lipinski definition) is 3. The molecule has 0 bridgehead atoms. The van der Waals surface area contributed by atoms with Gasteiger partial charge in [-0.3, -0.25) is 4.79 Å². The maximum Gasteiger partial charge on any atom is 0.250 e. The van der Waals surface area contributed by atoms with Crippen LogP contribution in [0.5, 0.6) is 0 Å². The number of aryl methyl sites for hydroxylation is 1. The van der Waals surface area contributed by atoms with E-state index in [4.69, 9.17) is 5.73 Å². The number of anilines is 1. The lowest BCUT2D eigenvalue weighted by atomic mass is 10.1. The Morgan fingerprint density at radius 3 is 2.57 bits per heavy atom. The summed E-state index contributed by atoms with van der Waals surface area (Å²) in [5, 5.41) is 0. The summed E-state index contributed by atoms with van der Waals surface area (Å²) in [6.07, 6.45) is 2.78. The first kappa shape index (κ1) is 15.3. The molecule has 0 spiro atoms. The van der Waals surface area contributed by atoms with Gasteiger partial charge in [-0.05, 0) is 37.6 Å². The lowest BCUT2D eigenvalue weighted by molar-refractivity contribution is 0.626. The van der Waals surface area contributed by atoms with Crippen molar-refractivity contribution in [3.63, 3.8) is 0 Å². The molecular formula is C17H23N3O. The largest absolute Gasteiger partial charge is 0.369 e. The van der Waals surface area contributed by atoms with Crippen LogP contribution in [-0.4, -0.2) is 24.2 Å².